The van der Waals surface area contributed by atoms with Crippen molar-refractivity contribution in [3.8, 4) is 0 Å². The van der Waals surface area contributed by atoms with E-state index in [0.717, 1.165) is 32.5 Å². The highest BCUT2D eigenvalue weighted by Gasteiger charge is 2.52. The Hall–Kier alpha value is -3.69. The van der Waals surface area contributed by atoms with E-state index in [1.165, 1.54) is 11.1 Å². The fraction of sp³-hybridized carbons (Fsp3) is 0.522. The van der Waals surface area contributed by atoms with E-state index in [9.17, 15) is 31.1 Å². The Morgan fingerprint density at radius 1 is 1.03 bits per heavy atom. The zero-order valence-corrected chi connectivity index (χ0v) is 20.9. The number of alkyl halides is 6. The number of aromatic nitrogens is 3. The minimum absolute atomic E-state index is 0.0639. The largest absolute Gasteiger partial charge is 0.490 e. The Morgan fingerprint density at radius 2 is 1.56 bits per heavy atom. The number of piperidine rings is 1. The van der Waals surface area contributed by atoms with Crippen molar-refractivity contribution in [2.45, 2.75) is 49.6 Å². The maximum absolute atomic E-state index is 12.5. The first-order valence-corrected chi connectivity index (χ1v) is 11.4. The molecule has 2 aliphatic rings. The van der Waals surface area contributed by atoms with Gasteiger partial charge in [0.15, 0.2) is 0 Å². The van der Waals surface area contributed by atoms with Crippen molar-refractivity contribution in [2.75, 3.05) is 20.1 Å². The number of nitrogens with zero attached hydrogens (tertiary/aromatic N) is 5. The maximum Gasteiger partial charge on any atom is 0.490 e. The summed E-state index contributed by atoms with van der Waals surface area (Å²) in [5, 5.41) is 18.6. The van der Waals surface area contributed by atoms with Crippen molar-refractivity contribution in [2.24, 2.45) is 7.05 Å². The van der Waals surface area contributed by atoms with Crippen molar-refractivity contribution in [1.82, 2.24) is 24.6 Å². The molecule has 2 aliphatic heterocycles. The zero-order valence-electron chi connectivity index (χ0n) is 20.9. The molecule has 16 heteroatoms. The Kier molecular flexibility index (Phi) is 10.1. The summed E-state index contributed by atoms with van der Waals surface area (Å²) in [5.74, 6) is -5.01. The van der Waals surface area contributed by atoms with Crippen LogP contribution < -0.4 is 0 Å². The summed E-state index contributed by atoms with van der Waals surface area (Å²) in [6, 6.07) is 4.11. The first-order valence-electron chi connectivity index (χ1n) is 11.4. The molecule has 4 rings (SSSR count). The third-order valence-corrected chi connectivity index (χ3v) is 6.53. The first-order chi connectivity index (χ1) is 18.0. The van der Waals surface area contributed by atoms with Crippen LogP contribution >= 0.6 is 0 Å². The van der Waals surface area contributed by atoms with E-state index >= 15 is 0 Å². The number of rotatable bonds is 3. The van der Waals surface area contributed by atoms with Crippen molar-refractivity contribution in [1.29, 1.82) is 0 Å². The number of aryl methyl sites for hydroxylation is 1. The molecule has 2 aromatic heterocycles. The molecule has 0 radical (unpaired) electrons. The summed E-state index contributed by atoms with van der Waals surface area (Å²) in [6.45, 7) is 2.94. The molecule has 2 aromatic rings. The monoisotopic (exact) mass is 567 g/mol. The summed E-state index contributed by atoms with van der Waals surface area (Å²) in [6.07, 6.45) is 0.205. The normalized spacial score (nSPS) is 19.1. The summed E-state index contributed by atoms with van der Waals surface area (Å²) < 4.78 is 65.3. The number of pyridine rings is 1. The zero-order chi connectivity index (χ0) is 29.6. The maximum atomic E-state index is 12.5. The van der Waals surface area contributed by atoms with Gasteiger partial charge in [-0.2, -0.15) is 31.4 Å². The summed E-state index contributed by atoms with van der Waals surface area (Å²) in [7, 11) is 3.92. The number of hydrogen-bond acceptors (Lipinski definition) is 6. The topological polar surface area (TPSA) is 129 Å². The minimum atomic E-state index is -5.08. The first kappa shape index (κ1) is 31.5. The second kappa shape index (κ2) is 12.4. The van der Waals surface area contributed by atoms with Crippen molar-refractivity contribution >= 4 is 17.8 Å². The Bertz CT molecular complexity index is 1110. The van der Waals surface area contributed by atoms with Crippen LogP contribution in [0.15, 0.2) is 36.9 Å². The molecule has 10 nitrogen and oxygen atoms in total. The van der Waals surface area contributed by atoms with E-state index in [2.05, 4.69) is 27.2 Å². The number of carboxylic acid groups (broad SMARTS) is 2. The molecule has 1 amide bonds. The fourth-order valence-electron chi connectivity index (χ4n) is 4.56. The second-order valence-corrected chi connectivity index (χ2v) is 9.00. The average Bonchev–Trinajstić information content (AvgIpc) is 3.37. The number of carbonyl (C=O) groups excluding carboxylic acids is 1. The smallest absolute Gasteiger partial charge is 0.475 e. The molecule has 1 spiro atoms. The number of carboxylic acids is 2. The molecule has 39 heavy (non-hydrogen) atoms. The van der Waals surface area contributed by atoms with Crippen LogP contribution in [0.25, 0.3) is 0 Å². The number of halogens is 6. The van der Waals surface area contributed by atoms with Gasteiger partial charge in [-0.3, -0.25) is 19.4 Å². The highest BCUT2D eigenvalue weighted by molar-refractivity contribution is 5.81. The molecule has 0 saturated carbocycles. The van der Waals surface area contributed by atoms with Gasteiger partial charge in [-0.05, 0) is 30.0 Å². The molecule has 0 bridgehead atoms. The van der Waals surface area contributed by atoms with Gasteiger partial charge in [-0.25, -0.2) is 9.59 Å². The van der Waals surface area contributed by atoms with Crippen LogP contribution in [0.5, 0.6) is 0 Å². The molecular weight excluding hydrogens is 540 g/mol. The van der Waals surface area contributed by atoms with Crippen molar-refractivity contribution in [3.63, 3.8) is 0 Å². The average molecular weight is 567 g/mol. The lowest BCUT2D eigenvalue weighted by atomic mass is 9.74. The van der Waals surface area contributed by atoms with Crippen LogP contribution in [-0.2, 0) is 28.0 Å². The van der Waals surface area contributed by atoms with Crippen molar-refractivity contribution < 1.29 is 50.9 Å². The van der Waals surface area contributed by atoms with E-state index in [1.807, 2.05) is 48.3 Å². The van der Waals surface area contributed by atoms with E-state index in [0.29, 0.717) is 6.42 Å². The number of likely N-dealkylation sites (N-methyl/N-ethyl adjacent to an activating group) is 1. The van der Waals surface area contributed by atoms with Gasteiger partial charge in [0.2, 0.25) is 5.91 Å². The van der Waals surface area contributed by atoms with Gasteiger partial charge in [0, 0.05) is 64.7 Å². The van der Waals surface area contributed by atoms with Crippen LogP contribution in [-0.4, -0.2) is 90.7 Å². The molecule has 1 atom stereocenters. The van der Waals surface area contributed by atoms with Gasteiger partial charge in [-0.15, -0.1) is 0 Å². The van der Waals surface area contributed by atoms with Crippen LogP contribution in [0.4, 0.5) is 26.3 Å². The van der Waals surface area contributed by atoms with Crippen LogP contribution in [0.2, 0.25) is 0 Å². The Labute approximate surface area is 218 Å². The SMILES string of the molecule is CN1C(=O)CC(c2cnn(C)c2)C12CCN(Cc1cccnc1)CC2.O=C(O)C(F)(F)F.O=C(O)C(F)(F)F. The van der Waals surface area contributed by atoms with Crippen LogP contribution in [0, 0.1) is 0 Å². The summed E-state index contributed by atoms with van der Waals surface area (Å²) in [4.78, 5) is 39.0. The van der Waals surface area contributed by atoms with E-state index in [4.69, 9.17) is 19.8 Å². The van der Waals surface area contributed by atoms with Gasteiger partial charge >= 0.3 is 24.3 Å². The third-order valence-electron chi connectivity index (χ3n) is 6.53. The van der Waals surface area contributed by atoms with Crippen LogP contribution in [0.1, 0.15) is 36.3 Å². The number of hydrogen-bond donors (Lipinski definition) is 2. The van der Waals surface area contributed by atoms with E-state index in [-0.39, 0.29) is 17.4 Å². The molecule has 216 valence electrons. The predicted octanol–water partition coefficient (Wildman–Crippen LogP) is 3.06. The molecule has 2 fully saturated rings. The minimum Gasteiger partial charge on any atom is -0.475 e. The van der Waals surface area contributed by atoms with Crippen LogP contribution in [0.3, 0.4) is 0 Å². The molecule has 2 saturated heterocycles. The number of carbonyl (C=O) groups is 3. The van der Waals surface area contributed by atoms with Gasteiger partial charge in [0.25, 0.3) is 0 Å². The number of likely N-dealkylation sites (tertiary alicyclic amines) is 2. The summed E-state index contributed by atoms with van der Waals surface area (Å²) >= 11 is 0. The van der Waals surface area contributed by atoms with Gasteiger partial charge in [0.05, 0.1) is 11.7 Å². The molecule has 0 aliphatic carbocycles. The van der Waals surface area contributed by atoms with Crippen molar-refractivity contribution in [3.05, 3.63) is 48.0 Å². The fourth-order valence-corrected chi connectivity index (χ4v) is 4.56. The molecule has 1 unspecified atom stereocenters. The Morgan fingerprint density at radius 3 is 1.97 bits per heavy atom. The molecule has 4 heterocycles. The van der Waals surface area contributed by atoms with E-state index < -0.39 is 24.3 Å². The molecule has 0 aromatic carbocycles. The highest BCUT2D eigenvalue weighted by atomic mass is 19.4. The molecular formula is C23H27F6N5O5. The van der Waals surface area contributed by atoms with Gasteiger partial charge in [-0.1, -0.05) is 6.07 Å². The Balaban J connectivity index is 0.000000317. The standard InChI is InChI=1S/C19H25N5O.2C2HF3O2/c1-22-14-16(12-21-22)17-10-18(25)23(2)19(17)5-8-24(9-6-19)13-15-4-3-7-20-11-15;2*3-2(4,5)1(6)7/h3-4,7,11-12,14,17H,5-6,8-10,13H2,1-2H3;2*(H,6,7). The number of amides is 1. The lowest BCUT2D eigenvalue weighted by Gasteiger charge is -2.46. The lowest BCUT2D eigenvalue weighted by Crippen LogP contribution is -2.53. The third kappa shape index (κ3) is 8.40. The van der Waals surface area contributed by atoms with E-state index in [1.54, 1.807) is 0 Å². The van der Waals surface area contributed by atoms with Gasteiger partial charge < -0.3 is 15.1 Å². The van der Waals surface area contributed by atoms with Gasteiger partial charge in [0.1, 0.15) is 0 Å². The quantitative estimate of drug-likeness (QED) is 0.542. The predicted molar refractivity (Wildman–Crippen MR) is 122 cm³/mol. The molecule has 2 N–H and O–H groups in total. The summed E-state index contributed by atoms with van der Waals surface area (Å²) in [5.41, 5.74) is 2.38. The lowest BCUT2D eigenvalue weighted by molar-refractivity contribution is -0.193. The highest BCUT2D eigenvalue weighted by Crippen LogP contribution is 2.48. The number of aliphatic carboxylic acids is 2. The second-order valence-electron chi connectivity index (χ2n) is 9.00.